The fraction of sp³-hybridized carbons (Fsp3) is 1.00. The zero-order chi connectivity index (χ0) is 36.3. The molecule has 0 rings (SSSR count). The van der Waals surface area contributed by atoms with Gasteiger partial charge in [0.15, 0.2) is 0 Å². The van der Waals surface area contributed by atoms with Gasteiger partial charge < -0.3 is 0 Å². The molecule has 1 radical (unpaired) electrons. The van der Waals surface area contributed by atoms with Gasteiger partial charge in [-0.05, 0) is 111 Å². The molecule has 0 saturated heterocycles. The summed E-state index contributed by atoms with van der Waals surface area (Å²) < 4.78 is 79.6. The average Bonchev–Trinajstić information content (AvgIpc) is 2.59. The summed E-state index contributed by atoms with van der Waals surface area (Å²) >= 11 is 0. The van der Waals surface area contributed by atoms with Crippen LogP contribution in [0, 0.1) is 0 Å². The molecule has 0 fully saturated rings. The molecule has 17 heteroatoms. The molecule has 0 spiro atoms. The van der Waals surface area contributed by atoms with E-state index in [0.29, 0.717) is 0 Å². The minimum absolute atomic E-state index is 0. The van der Waals surface area contributed by atoms with E-state index in [1.807, 2.05) is 111 Å². The van der Waals surface area contributed by atoms with Crippen LogP contribution in [0.25, 0.3) is 0 Å². The summed E-state index contributed by atoms with van der Waals surface area (Å²) in [4.78, 5) is 0. The van der Waals surface area contributed by atoms with Gasteiger partial charge in [-0.2, -0.15) is 0 Å². The summed E-state index contributed by atoms with van der Waals surface area (Å²) in [5.74, 6) is 0. The van der Waals surface area contributed by atoms with Gasteiger partial charge in [0.2, 0.25) is 0 Å². The fourth-order valence-electron chi connectivity index (χ4n) is 3.23. The molecule has 0 aliphatic carbocycles. The van der Waals surface area contributed by atoms with E-state index in [2.05, 4.69) is 0 Å². The van der Waals surface area contributed by atoms with Crippen LogP contribution in [0.4, 0.5) is 0 Å². The largest absolute Gasteiger partial charge is 2.00 e. The third-order valence-electron chi connectivity index (χ3n) is 3.25. The van der Waals surface area contributed by atoms with Gasteiger partial charge in [-0.25, -0.2) is 0 Å². The van der Waals surface area contributed by atoms with Crippen LogP contribution >= 0.6 is 30.4 Å². The van der Waals surface area contributed by atoms with E-state index in [1.54, 1.807) is 26.7 Å². The van der Waals surface area contributed by atoms with Crippen LogP contribution < -0.4 is 0 Å². The molecule has 0 atom stereocenters. The zero-order valence-electron chi connectivity index (χ0n) is 31.8. The molecule has 0 saturated carbocycles. The van der Waals surface area contributed by atoms with Gasteiger partial charge in [0.1, 0.15) is 0 Å². The number of hydrogen-bond acceptors (Lipinski definition) is 8. The second-order valence-corrected chi connectivity index (χ2v) is 20.6. The monoisotopic (exact) mass is 779 g/mol. The second-order valence-electron chi connectivity index (χ2n) is 12.4. The van der Waals surface area contributed by atoms with Crippen molar-refractivity contribution in [1.29, 1.82) is 0 Å². The minimum atomic E-state index is -2.55. The molecule has 0 aromatic heterocycles. The summed E-state index contributed by atoms with van der Waals surface area (Å²) in [7, 11) is -10.2. The Labute approximate surface area is 287 Å². The standard InChI is InChI=1S/4C7H17O3P.Mn/c4*1-6(2)9-11(5,8)10-7(3)4;/h4*6-7H,1-5H3;/q;;;;+2/p+4. The van der Waals surface area contributed by atoms with Gasteiger partial charge in [0.05, 0.1) is 75.5 Å². The molecular weight excluding hydrogens is 707 g/mol. The summed E-state index contributed by atoms with van der Waals surface area (Å²) in [6.07, 6.45) is 0.0895. The van der Waals surface area contributed by atoms with Crippen molar-refractivity contribution in [2.45, 2.75) is 160 Å². The van der Waals surface area contributed by atoms with Crippen molar-refractivity contribution < 1.29 is 71.5 Å². The molecule has 0 amide bonds. The van der Waals surface area contributed by atoms with Crippen LogP contribution in [-0.2, 0) is 53.3 Å². The topological polar surface area (TPSA) is 159 Å². The molecule has 45 heavy (non-hydrogen) atoms. The first-order chi connectivity index (χ1) is 19.3. The van der Waals surface area contributed by atoms with Gasteiger partial charge in [-0.15, -0.1) is 0 Å². The van der Waals surface area contributed by atoms with Gasteiger partial charge in [0.25, 0.3) is 0 Å². The Balaban J connectivity index is -0.000000157. The second kappa shape index (κ2) is 26.9. The van der Waals surface area contributed by atoms with Crippen LogP contribution in [0.2, 0.25) is 0 Å². The summed E-state index contributed by atoms with van der Waals surface area (Å²) in [5.41, 5.74) is 0. The SMILES string of the molecule is CC(C)OP(C)(=[OH+])OC(C)C.CC(C)OP(C)(=[OH+])OC(C)C.CC(C)OP(C)(=[OH+])OC(C)C.CC(C)OP(C)(=[OH+])OC(C)C.[Mn+2]. The quantitative estimate of drug-likeness (QED) is 0.0850. The molecule has 4 N–H and O–H groups in total. The van der Waals surface area contributed by atoms with E-state index >= 15 is 0 Å². The Kier molecular flexibility index (Phi) is 33.2. The Morgan fingerprint density at radius 1 is 0.267 bits per heavy atom. The molecule has 0 aromatic rings. The molecule has 12 nitrogen and oxygen atoms in total. The van der Waals surface area contributed by atoms with Crippen LogP contribution in [0.5, 0.6) is 0 Å². The molecule has 277 valence electrons. The maximum Gasteiger partial charge on any atom is 2.00 e. The van der Waals surface area contributed by atoms with Crippen molar-refractivity contribution in [3.8, 4) is 0 Å². The fourth-order valence-corrected chi connectivity index (χ4v) is 9.69. The third kappa shape index (κ3) is 49.6. The van der Waals surface area contributed by atoms with E-state index in [1.165, 1.54) is 0 Å². The van der Waals surface area contributed by atoms with Crippen molar-refractivity contribution in [2.75, 3.05) is 26.7 Å². The van der Waals surface area contributed by atoms with Crippen LogP contribution in [0.1, 0.15) is 111 Å². The molecule has 0 aliphatic heterocycles. The Morgan fingerprint density at radius 2 is 0.333 bits per heavy atom. The van der Waals surface area contributed by atoms with E-state index in [-0.39, 0.29) is 65.9 Å². The molecule has 0 aromatic carbocycles. The molecular formula is C28H72MnO12P4+6. The first kappa shape index (κ1) is 55.5. The first-order valence-corrected chi connectivity index (χ1v) is 23.3. The van der Waals surface area contributed by atoms with Crippen molar-refractivity contribution >= 4 is 30.4 Å². The molecule has 0 heterocycles. The van der Waals surface area contributed by atoms with Crippen LogP contribution in [0.3, 0.4) is 0 Å². The van der Waals surface area contributed by atoms with E-state index in [0.717, 1.165) is 0 Å². The summed E-state index contributed by atoms with van der Waals surface area (Å²) in [6, 6.07) is 0. The van der Waals surface area contributed by atoms with Crippen molar-refractivity contribution in [3.63, 3.8) is 0 Å². The zero-order valence-corrected chi connectivity index (χ0v) is 36.6. The molecule has 0 unspecified atom stereocenters. The van der Waals surface area contributed by atoms with Gasteiger partial charge in [0, 0.05) is 0 Å². The van der Waals surface area contributed by atoms with Crippen LogP contribution in [0.15, 0.2) is 0 Å². The summed E-state index contributed by atoms with van der Waals surface area (Å²) in [5, 5.41) is 0. The Hall–Kier alpha value is 1.12. The molecule has 0 bridgehead atoms. The van der Waals surface area contributed by atoms with Gasteiger partial charge in [-0.1, -0.05) is 0 Å². The van der Waals surface area contributed by atoms with Crippen molar-refractivity contribution in [3.05, 3.63) is 0 Å². The van der Waals surface area contributed by atoms with E-state index in [4.69, 9.17) is 36.2 Å². The van der Waals surface area contributed by atoms with Crippen molar-refractivity contribution in [2.24, 2.45) is 0 Å². The maximum absolute atomic E-state index is 9.52. The van der Waals surface area contributed by atoms with Gasteiger partial charge >= 0.3 is 47.5 Å². The number of hydrogen-bond donors (Lipinski definition) is 0. The van der Waals surface area contributed by atoms with E-state index in [9.17, 15) is 18.3 Å². The van der Waals surface area contributed by atoms with Gasteiger partial charge in [-0.3, -0.25) is 54.5 Å². The van der Waals surface area contributed by atoms with E-state index < -0.39 is 30.4 Å². The van der Waals surface area contributed by atoms with Crippen molar-refractivity contribution in [1.82, 2.24) is 0 Å². The normalized spacial score (nSPS) is 12.7. The Morgan fingerprint density at radius 3 is 0.378 bits per heavy atom. The Bertz CT molecular complexity index is 710. The predicted octanol–water partition coefficient (Wildman–Crippen LogP) is 10.4. The summed E-state index contributed by atoms with van der Waals surface area (Å²) in [6.45, 7) is 36.4. The predicted molar refractivity (Wildman–Crippen MR) is 189 cm³/mol. The number of rotatable bonds is 16. The average molecular weight is 780 g/mol. The minimum Gasteiger partial charge on any atom is -0.270 e. The first-order valence-electron chi connectivity index (χ1n) is 15.2. The maximum atomic E-state index is 9.52. The molecule has 0 aliphatic rings. The third-order valence-corrected chi connectivity index (χ3v) is 9.75. The van der Waals surface area contributed by atoms with Crippen LogP contribution in [-0.4, -0.2) is 93.8 Å². The smallest absolute Gasteiger partial charge is 0.270 e.